The fraction of sp³-hybridized carbons (Fsp3) is 0.750. The Morgan fingerprint density at radius 1 is 1.00 bits per heavy atom. The Hall–Kier alpha value is -1.56. The molecule has 22 heavy (non-hydrogen) atoms. The summed E-state index contributed by atoms with van der Waals surface area (Å²) in [5.41, 5.74) is 0. The van der Waals surface area contributed by atoms with E-state index in [1.165, 1.54) is 6.08 Å². The molecule has 1 fully saturated rings. The van der Waals surface area contributed by atoms with E-state index in [4.69, 9.17) is 19.3 Å². The van der Waals surface area contributed by atoms with Crippen LogP contribution in [-0.2, 0) is 19.0 Å². The highest BCUT2D eigenvalue weighted by Gasteiger charge is 2.23. The molecule has 1 aliphatic carbocycles. The van der Waals surface area contributed by atoms with Crippen molar-refractivity contribution in [2.75, 3.05) is 13.2 Å². The molecular formula is C16H26O6. The maximum absolute atomic E-state index is 10.8. The molecule has 1 saturated carbocycles. The van der Waals surface area contributed by atoms with Crippen LogP contribution in [0.15, 0.2) is 12.7 Å². The number of esters is 1. The summed E-state index contributed by atoms with van der Waals surface area (Å²) < 4.78 is 15.4. The number of hydrogen-bond donors (Lipinski definition) is 1. The molecule has 0 heterocycles. The van der Waals surface area contributed by atoms with Crippen molar-refractivity contribution < 1.29 is 28.9 Å². The number of ether oxygens (including phenoxy) is 3. The lowest BCUT2D eigenvalue weighted by Crippen LogP contribution is -2.28. The molecule has 0 aliphatic heterocycles. The third-order valence-corrected chi connectivity index (χ3v) is 3.69. The zero-order valence-electron chi connectivity index (χ0n) is 13.0. The summed E-state index contributed by atoms with van der Waals surface area (Å²) in [5.74, 6) is -0.370. The largest absolute Gasteiger partial charge is 0.506 e. The van der Waals surface area contributed by atoms with Crippen LogP contribution in [0.3, 0.4) is 0 Å². The van der Waals surface area contributed by atoms with E-state index in [0.29, 0.717) is 6.61 Å². The summed E-state index contributed by atoms with van der Waals surface area (Å²) >= 11 is 0. The summed E-state index contributed by atoms with van der Waals surface area (Å²) in [5, 5.41) is 8.55. The molecule has 126 valence electrons. The first-order valence-corrected chi connectivity index (χ1v) is 7.92. The van der Waals surface area contributed by atoms with Crippen molar-refractivity contribution in [3.05, 3.63) is 12.7 Å². The van der Waals surface area contributed by atoms with Crippen LogP contribution in [0.4, 0.5) is 4.79 Å². The van der Waals surface area contributed by atoms with E-state index in [-0.39, 0.29) is 18.2 Å². The molecule has 0 saturated heterocycles. The molecule has 1 aliphatic rings. The first-order valence-electron chi connectivity index (χ1n) is 7.92. The number of rotatable bonds is 10. The first kappa shape index (κ1) is 18.5. The van der Waals surface area contributed by atoms with Crippen LogP contribution in [-0.4, -0.2) is 42.7 Å². The lowest BCUT2D eigenvalue weighted by molar-refractivity contribution is -0.137. The smallest absolute Gasteiger partial charge is 0.463 e. The van der Waals surface area contributed by atoms with Gasteiger partial charge in [-0.2, -0.15) is 0 Å². The summed E-state index contributed by atoms with van der Waals surface area (Å²) in [6.07, 6.45) is 7.13. The molecule has 1 N–H and O–H groups in total. The molecule has 0 unspecified atom stereocenters. The molecule has 0 amide bonds. The summed E-state index contributed by atoms with van der Waals surface area (Å²) in [4.78, 5) is 21.2. The molecule has 0 radical (unpaired) electrons. The maximum atomic E-state index is 10.8. The van der Waals surface area contributed by atoms with Gasteiger partial charge in [0.2, 0.25) is 0 Å². The normalized spacial score (nSPS) is 21.1. The van der Waals surface area contributed by atoms with Crippen molar-refractivity contribution in [1.82, 2.24) is 0 Å². The molecule has 0 aromatic heterocycles. The van der Waals surface area contributed by atoms with Gasteiger partial charge in [0.05, 0.1) is 12.7 Å². The van der Waals surface area contributed by atoms with Gasteiger partial charge in [0.1, 0.15) is 6.10 Å². The van der Waals surface area contributed by atoms with Gasteiger partial charge in [0, 0.05) is 12.7 Å². The van der Waals surface area contributed by atoms with Crippen molar-refractivity contribution >= 4 is 12.1 Å². The van der Waals surface area contributed by atoms with Crippen molar-refractivity contribution in [2.24, 2.45) is 0 Å². The molecule has 6 nitrogen and oxygen atoms in total. The Morgan fingerprint density at radius 3 is 2.18 bits per heavy atom. The Labute approximate surface area is 131 Å². The van der Waals surface area contributed by atoms with Crippen LogP contribution in [0.5, 0.6) is 0 Å². The van der Waals surface area contributed by atoms with Crippen molar-refractivity contribution in [2.45, 2.75) is 63.6 Å². The van der Waals surface area contributed by atoms with Gasteiger partial charge in [-0.3, -0.25) is 0 Å². The highest BCUT2D eigenvalue weighted by molar-refractivity contribution is 5.81. The van der Waals surface area contributed by atoms with Crippen LogP contribution >= 0.6 is 0 Å². The third kappa shape index (κ3) is 8.67. The lowest BCUT2D eigenvalue weighted by atomic mass is 9.95. The zero-order chi connectivity index (χ0) is 16.2. The van der Waals surface area contributed by atoms with Crippen LogP contribution in [0.1, 0.15) is 51.4 Å². The van der Waals surface area contributed by atoms with Gasteiger partial charge in [-0.1, -0.05) is 13.0 Å². The van der Waals surface area contributed by atoms with Gasteiger partial charge >= 0.3 is 12.1 Å². The Bertz CT molecular complexity index is 347. The molecule has 1 rings (SSSR count). The molecular weight excluding hydrogens is 288 g/mol. The summed E-state index contributed by atoms with van der Waals surface area (Å²) in [7, 11) is 0. The van der Waals surface area contributed by atoms with E-state index in [1.54, 1.807) is 0 Å². The third-order valence-electron chi connectivity index (χ3n) is 3.69. The van der Waals surface area contributed by atoms with E-state index >= 15 is 0 Å². The highest BCUT2D eigenvalue weighted by Crippen LogP contribution is 2.23. The van der Waals surface area contributed by atoms with Gasteiger partial charge in [-0.15, -0.1) is 0 Å². The average molecular weight is 314 g/mol. The van der Waals surface area contributed by atoms with Gasteiger partial charge < -0.3 is 19.3 Å². The number of carboxylic acid groups (broad SMARTS) is 1. The van der Waals surface area contributed by atoms with E-state index in [9.17, 15) is 9.59 Å². The molecule has 0 bridgehead atoms. The predicted molar refractivity (Wildman–Crippen MR) is 80.7 cm³/mol. The Kier molecular flexibility index (Phi) is 9.30. The van der Waals surface area contributed by atoms with Crippen LogP contribution in [0.25, 0.3) is 0 Å². The highest BCUT2D eigenvalue weighted by atomic mass is 16.7. The summed E-state index contributed by atoms with van der Waals surface area (Å²) in [6, 6.07) is 0. The second-order valence-corrected chi connectivity index (χ2v) is 5.44. The molecule has 0 aromatic rings. The predicted octanol–water partition coefficient (Wildman–Crippen LogP) is 3.30. The lowest BCUT2D eigenvalue weighted by Gasteiger charge is -2.27. The van der Waals surface area contributed by atoms with E-state index in [0.717, 1.165) is 58.0 Å². The van der Waals surface area contributed by atoms with E-state index in [2.05, 4.69) is 6.58 Å². The van der Waals surface area contributed by atoms with Crippen LogP contribution in [0, 0.1) is 0 Å². The van der Waals surface area contributed by atoms with Gasteiger partial charge in [-0.25, -0.2) is 9.59 Å². The Morgan fingerprint density at radius 2 is 1.59 bits per heavy atom. The zero-order valence-corrected chi connectivity index (χ0v) is 13.0. The van der Waals surface area contributed by atoms with Crippen LogP contribution in [0.2, 0.25) is 0 Å². The van der Waals surface area contributed by atoms with E-state index < -0.39 is 6.16 Å². The minimum atomic E-state index is -1.19. The number of hydrogen-bond acceptors (Lipinski definition) is 5. The second-order valence-electron chi connectivity index (χ2n) is 5.44. The maximum Gasteiger partial charge on any atom is 0.506 e. The molecule has 0 atom stereocenters. The number of carbonyl (C=O) groups excluding carboxylic acids is 1. The van der Waals surface area contributed by atoms with Gasteiger partial charge in [0.25, 0.3) is 0 Å². The topological polar surface area (TPSA) is 82.1 Å². The van der Waals surface area contributed by atoms with Crippen molar-refractivity contribution in [3.63, 3.8) is 0 Å². The van der Waals surface area contributed by atoms with Crippen molar-refractivity contribution in [1.29, 1.82) is 0 Å². The molecule has 0 aromatic carbocycles. The SMILES string of the molecule is C=CC(=O)OCCCCCCOC1CCC(OC(=O)O)CC1. The van der Waals surface area contributed by atoms with Crippen LogP contribution < -0.4 is 0 Å². The monoisotopic (exact) mass is 314 g/mol. The van der Waals surface area contributed by atoms with Gasteiger partial charge in [-0.05, 0) is 44.9 Å². The quantitative estimate of drug-likeness (QED) is 0.378. The summed E-state index contributed by atoms with van der Waals surface area (Å²) in [6.45, 7) is 4.50. The first-order chi connectivity index (χ1) is 10.6. The standard InChI is InChI=1S/C16H26O6/c1-2-15(17)21-12-6-4-3-5-11-20-13-7-9-14(10-8-13)22-16(18)19/h2,13-14H,1,3-12H2,(H,18,19). The fourth-order valence-corrected chi connectivity index (χ4v) is 2.50. The molecule has 6 heteroatoms. The van der Waals surface area contributed by atoms with Gasteiger partial charge in [0.15, 0.2) is 0 Å². The Balaban J connectivity index is 1.90. The number of unbranched alkanes of at least 4 members (excludes halogenated alkanes) is 3. The average Bonchev–Trinajstić information content (AvgIpc) is 2.50. The molecule has 0 spiro atoms. The number of carbonyl (C=O) groups is 2. The van der Waals surface area contributed by atoms with E-state index in [1.807, 2.05) is 0 Å². The fourth-order valence-electron chi connectivity index (χ4n) is 2.50. The minimum Gasteiger partial charge on any atom is -0.463 e. The second kappa shape index (κ2) is 11.1. The van der Waals surface area contributed by atoms with Crippen molar-refractivity contribution in [3.8, 4) is 0 Å². The minimum absolute atomic E-state index is 0.171.